The van der Waals surface area contributed by atoms with E-state index in [0.717, 1.165) is 18.2 Å². The average Bonchev–Trinajstić information content (AvgIpc) is 3.17. The van der Waals surface area contributed by atoms with Crippen LogP contribution in [0.5, 0.6) is 0 Å². The molecule has 37 heavy (non-hydrogen) atoms. The van der Waals surface area contributed by atoms with Crippen LogP contribution in [0, 0.1) is 23.3 Å². The van der Waals surface area contributed by atoms with Crippen molar-refractivity contribution in [2.24, 2.45) is 0 Å². The summed E-state index contributed by atoms with van der Waals surface area (Å²) in [6, 6.07) is 6.69. The molecule has 10 heteroatoms. The van der Waals surface area contributed by atoms with Gasteiger partial charge in [0.1, 0.15) is 35.1 Å². The number of carbonyl (C=O) groups excluding carboxylic acids is 2. The fourth-order valence-corrected chi connectivity index (χ4v) is 3.84. The van der Waals surface area contributed by atoms with Crippen molar-refractivity contribution in [3.63, 3.8) is 0 Å². The van der Waals surface area contributed by atoms with E-state index >= 15 is 0 Å². The predicted octanol–water partition coefficient (Wildman–Crippen LogP) is 5.21. The van der Waals surface area contributed by atoms with Crippen molar-refractivity contribution < 1.29 is 27.2 Å². The summed E-state index contributed by atoms with van der Waals surface area (Å²) < 4.78 is 56.2. The van der Waals surface area contributed by atoms with Crippen molar-refractivity contribution in [2.45, 2.75) is 65.0 Å². The first-order chi connectivity index (χ1) is 17.1. The van der Waals surface area contributed by atoms with Gasteiger partial charge < -0.3 is 10.6 Å². The Morgan fingerprint density at radius 3 is 1.89 bits per heavy atom. The molecular formula is C27H30F4N4O2. The zero-order valence-corrected chi connectivity index (χ0v) is 21.5. The molecule has 1 aromatic heterocycles. The standard InChI is InChI=1S/C27H30F4N4O2/c1-15(32-24(36)9-16-7-18(28)12-19(29)8-16)25(37)33-23-14-22(34-35(23)26(2,3)4)27(5,6)17-10-20(30)13-21(31)11-17/h7-8,10-15H,9H2,1-6H3,(H,32,36)(H,33,37). The van der Waals surface area contributed by atoms with Crippen molar-refractivity contribution in [1.82, 2.24) is 15.1 Å². The maximum absolute atomic E-state index is 13.9. The first-order valence-electron chi connectivity index (χ1n) is 11.7. The van der Waals surface area contributed by atoms with Gasteiger partial charge in [0.25, 0.3) is 0 Å². The lowest BCUT2D eigenvalue weighted by Crippen LogP contribution is -2.43. The lowest BCUT2D eigenvalue weighted by atomic mass is 9.81. The first kappa shape index (κ1) is 27.9. The Morgan fingerprint density at radius 1 is 0.865 bits per heavy atom. The van der Waals surface area contributed by atoms with Gasteiger partial charge in [-0.1, -0.05) is 13.8 Å². The van der Waals surface area contributed by atoms with Gasteiger partial charge in [-0.25, -0.2) is 22.2 Å². The van der Waals surface area contributed by atoms with Crippen molar-refractivity contribution in [3.8, 4) is 0 Å². The molecule has 198 valence electrons. The van der Waals surface area contributed by atoms with Gasteiger partial charge in [0, 0.05) is 23.6 Å². The maximum Gasteiger partial charge on any atom is 0.247 e. The molecule has 1 unspecified atom stereocenters. The largest absolute Gasteiger partial charge is 0.344 e. The lowest BCUT2D eigenvalue weighted by molar-refractivity contribution is -0.125. The number of hydrogen-bond donors (Lipinski definition) is 2. The molecule has 0 aliphatic rings. The van der Waals surface area contributed by atoms with E-state index in [0.29, 0.717) is 23.1 Å². The highest BCUT2D eigenvalue weighted by atomic mass is 19.1. The predicted molar refractivity (Wildman–Crippen MR) is 132 cm³/mol. The molecule has 1 atom stereocenters. The highest BCUT2D eigenvalue weighted by molar-refractivity contribution is 5.96. The van der Waals surface area contributed by atoms with E-state index in [2.05, 4.69) is 15.7 Å². The van der Waals surface area contributed by atoms with Crippen LogP contribution in [0.15, 0.2) is 42.5 Å². The minimum absolute atomic E-state index is 0.133. The molecule has 0 bridgehead atoms. The Balaban J connectivity index is 1.81. The second-order valence-electron chi connectivity index (χ2n) is 10.5. The topological polar surface area (TPSA) is 76.0 Å². The van der Waals surface area contributed by atoms with Crippen LogP contribution in [0.4, 0.5) is 23.4 Å². The smallest absolute Gasteiger partial charge is 0.247 e. The summed E-state index contributed by atoms with van der Waals surface area (Å²) in [7, 11) is 0. The second-order valence-corrected chi connectivity index (χ2v) is 10.5. The van der Waals surface area contributed by atoms with Gasteiger partial charge in [-0.3, -0.25) is 9.59 Å². The monoisotopic (exact) mass is 518 g/mol. The first-order valence-corrected chi connectivity index (χ1v) is 11.7. The highest BCUT2D eigenvalue weighted by Gasteiger charge is 2.31. The summed E-state index contributed by atoms with van der Waals surface area (Å²) in [4.78, 5) is 25.3. The van der Waals surface area contributed by atoms with Gasteiger partial charge in [-0.15, -0.1) is 0 Å². The molecule has 3 rings (SSSR count). The number of aromatic nitrogens is 2. The van der Waals surface area contributed by atoms with Crippen LogP contribution in [0.25, 0.3) is 0 Å². The number of benzene rings is 2. The number of anilines is 1. The molecule has 0 aliphatic carbocycles. The van der Waals surface area contributed by atoms with E-state index in [9.17, 15) is 27.2 Å². The normalized spacial score (nSPS) is 12.8. The van der Waals surface area contributed by atoms with E-state index in [4.69, 9.17) is 0 Å². The molecular weight excluding hydrogens is 488 g/mol. The van der Waals surface area contributed by atoms with Gasteiger partial charge >= 0.3 is 0 Å². The molecule has 0 saturated carbocycles. The molecule has 1 heterocycles. The lowest BCUT2D eigenvalue weighted by Gasteiger charge is -2.25. The molecule has 6 nitrogen and oxygen atoms in total. The molecule has 2 aromatic carbocycles. The van der Waals surface area contributed by atoms with Crippen molar-refractivity contribution in [3.05, 3.63) is 82.6 Å². The van der Waals surface area contributed by atoms with E-state index in [1.165, 1.54) is 19.1 Å². The molecule has 0 saturated heterocycles. The van der Waals surface area contributed by atoms with Crippen LogP contribution in [0.3, 0.4) is 0 Å². The third-order valence-electron chi connectivity index (χ3n) is 5.88. The molecule has 0 aliphatic heterocycles. The highest BCUT2D eigenvalue weighted by Crippen LogP contribution is 2.34. The number of carbonyl (C=O) groups is 2. The van der Waals surface area contributed by atoms with Gasteiger partial charge in [-0.05, 0) is 63.1 Å². The van der Waals surface area contributed by atoms with Crippen LogP contribution in [0.2, 0.25) is 0 Å². The third-order valence-corrected chi connectivity index (χ3v) is 5.88. The van der Waals surface area contributed by atoms with Crippen molar-refractivity contribution in [1.29, 1.82) is 0 Å². The third kappa shape index (κ3) is 6.75. The van der Waals surface area contributed by atoms with Crippen molar-refractivity contribution in [2.75, 3.05) is 5.32 Å². The quantitative estimate of drug-likeness (QED) is 0.422. The van der Waals surface area contributed by atoms with E-state index in [-0.39, 0.29) is 12.0 Å². The minimum Gasteiger partial charge on any atom is -0.344 e. The van der Waals surface area contributed by atoms with Crippen LogP contribution in [-0.4, -0.2) is 27.6 Å². The van der Waals surface area contributed by atoms with Crippen LogP contribution < -0.4 is 10.6 Å². The zero-order valence-electron chi connectivity index (χ0n) is 21.5. The van der Waals surface area contributed by atoms with E-state index < -0.39 is 52.1 Å². The molecule has 0 radical (unpaired) electrons. The summed E-state index contributed by atoms with van der Waals surface area (Å²) in [5, 5.41) is 9.89. The van der Waals surface area contributed by atoms with Crippen LogP contribution in [-0.2, 0) is 27.0 Å². The number of hydrogen-bond acceptors (Lipinski definition) is 3. The fourth-order valence-electron chi connectivity index (χ4n) is 3.84. The Bertz CT molecular complexity index is 1290. The summed E-state index contributed by atoms with van der Waals surface area (Å²) in [5.41, 5.74) is -0.505. The Kier molecular flexibility index (Phi) is 7.80. The average molecular weight is 519 g/mol. The number of nitrogens with one attached hydrogen (secondary N) is 2. The van der Waals surface area contributed by atoms with Crippen LogP contribution >= 0.6 is 0 Å². The molecule has 3 aromatic rings. The van der Waals surface area contributed by atoms with E-state index in [1.54, 1.807) is 24.6 Å². The zero-order chi connectivity index (χ0) is 27.7. The summed E-state index contributed by atoms with van der Waals surface area (Å²) >= 11 is 0. The summed E-state index contributed by atoms with van der Waals surface area (Å²) in [6.07, 6.45) is -0.311. The fraction of sp³-hybridized carbons (Fsp3) is 0.370. The number of nitrogens with zero attached hydrogens (tertiary/aromatic N) is 2. The summed E-state index contributed by atoms with van der Waals surface area (Å²) in [6.45, 7) is 10.6. The maximum atomic E-state index is 13.9. The number of amides is 2. The molecule has 0 fully saturated rings. The SMILES string of the molecule is CC(NC(=O)Cc1cc(F)cc(F)c1)C(=O)Nc1cc(C(C)(C)c2cc(F)cc(F)c2)nn1C(C)(C)C. The summed E-state index contributed by atoms with van der Waals surface area (Å²) in [5.74, 6) is -3.84. The number of rotatable bonds is 7. The van der Waals surface area contributed by atoms with Gasteiger partial charge in [-0.2, -0.15) is 5.10 Å². The van der Waals surface area contributed by atoms with Gasteiger partial charge in [0.05, 0.1) is 17.7 Å². The Morgan fingerprint density at radius 2 is 1.38 bits per heavy atom. The minimum atomic E-state index is -0.983. The Labute approximate surface area is 213 Å². The van der Waals surface area contributed by atoms with Crippen LogP contribution in [0.1, 0.15) is 58.4 Å². The Hall–Kier alpha value is -3.69. The molecule has 0 spiro atoms. The van der Waals surface area contributed by atoms with Crippen molar-refractivity contribution >= 4 is 17.6 Å². The van der Waals surface area contributed by atoms with Gasteiger partial charge in [0.2, 0.25) is 11.8 Å². The van der Waals surface area contributed by atoms with E-state index in [1.807, 2.05) is 20.8 Å². The number of halogens is 4. The second kappa shape index (κ2) is 10.4. The molecule has 2 amide bonds. The van der Waals surface area contributed by atoms with Gasteiger partial charge in [0.15, 0.2) is 0 Å². The molecule has 2 N–H and O–H groups in total.